The maximum absolute atomic E-state index is 12.6. The third-order valence-electron chi connectivity index (χ3n) is 5.04. The van der Waals surface area contributed by atoms with Crippen molar-refractivity contribution in [2.24, 2.45) is 0 Å². The quantitative estimate of drug-likeness (QED) is 0.758. The molecule has 0 atom stereocenters. The highest BCUT2D eigenvalue weighted by molar-refractivity contribution is 6.32. The van der Waals surface area contributed by atoms with E-state index < -0.39 is 5.97 Å². The van der Waals surface area contributed by atoms with E-state index in [0.29, 0.717) is 17.1 Å². The van der Waals surface area contributed by atoms with E-state index >= 15 is 0 Å². The number of likely N-dealkylation sites (N-methyl/N-ethyl adjacent to an activating group) is 1. The standard InChI is InChI=1S/C19H23ClN4O3/c1-3-23(11-18(25)26)14-8-13(9-14)22-19(27)15-10-21-24(12(15)2)17-7-5-4-6-16(17)20/h4-7,10,13-14H,3,8-9,11H2,1-2H3,(H,22,27)(H,25,26). The summed E-state index contributed by atoms with van der Waals surface area (Å²) >= 11 is 6.22. The molecule has 1 fully saturated rings. The van der Waals surface area contributed by atoms with E-state index in [-0.39, 0.29) is 24.5 Å². The number of amides is 1. The number of rotatable bonds is 7. The van der Waals surface area contributed by atoms with Crippen LogP contribution in [-0.4, -0.2) is 56.8 Å². The molecule has 0 spiro atoms. The smallest absolute Gasteiger partial charge is 0.317 e. The van der Waals surface area contributed by atoms with Crippen molar-refractivity contribution in [3.63, 3.8) is 0 Å². The van der Waals surface area contributed by atoms with Gasteiger partial charge in [0, 0.05) is 12.1 Å². The fourth-order valence-corrected chi connectivity index (χ4v) is 3.65. The van der Waals surface area contributed by atoms with Gasteiger partial charge in [-0.25, -0.2) is 4.68 Å². The maximum atomic E-state index is 12.6. The fourth-order valence-electron chi connectivity index (χ4n) is 3.44. The molecule has 0 aliphatic heterocycles. The molecule has 1 amide bonds. The number of para-hydroxylation sites is 1. The van der Waals surface area contributed by atoms with Crippen LogP contribution in [0.5, 0.6) is 0 Å². The molecule has 3 rings (SSSR count). The molecule has 1 aliphatic rings. The summed E-state index contributed by atoms with van der Waals surface area (Å²) in [5.41, 5.74) is 1.96. The van der Waals surface area contributed by atoms with Gasteiger partial charge in [-0.15, -0.1) is 0 Å². The first-order valence-electron chi connectivity index (χ1n) is 8.97. The lowest BCUT2D eigenvalue weighted by molar-refractivity contribution is -0.139. The van der Waals surface area contributed by atoms with Crippen molar-refractivity contribution < 1.29 is 14.7 Å². The fraction of sp³-hybridized carbons (Fsp3) is 0.421. The Balaban J connectivity index is 1.62. The van der Waals surface area contributed by atoms with Gasteiger partial charge in [0.25, 0.3) is 5.91 Å². The summed E-state index contributed by atoms with van der Waals surface area (Å²) < 4.78 is 1.66. The molecule has 27 heavy (non-hydrogen) atoms. The van der Waals surface area contributed by atoms with Gasteiger partial charge in [-0.2, -0.15) is 5.10 Å². The first kappa shape index (κ1) is 19.4. The number of carboxylic acid groups (broad SMARTS) is 1. The molecule has 144 valence electrons. The summed E-state index contributed by atoms with van der Waals surface area (Å²) in [4.78, 5) is 25.4. The van der Waals surface area contributed by atoms with Crippen LogP contribution in [0.25, 0.3) is 5.69 Å². The lowest BCUT2D eigenvalue weighted by atomic mass is 9.85. The van der Waals surface area contributed by atoms with Gasteiger partial charge < -0.3 is 10.4 Å². The summed E-state index contributed by atoms with van der Waals surface area (Å²) in [5, 5.41) is 16.8. The molecule has 1 aromatic heterocycles. The minimum atomic E-state index is -0.827. The Kier molecular flexibility index (Phi) is 5.82. The molecule has 2 aromatic rings. The van der Waals surface area contributed by atoms with E-state index in [1.54, 1.807) is 16.9 Å². The number of benzene rings is 1. The Bertz CT molecular complexity index is 845. The minimum absolute atomic E-state index is 0.0333. The molecule has 1 aromatic carbocycles. The Labute approximate surface area is 162 Å². The van der Waals surface area contributed by atoms with Crippen molar-refractivity contribution >= 4 is 23.5 Å². The maximum Gasteiger partial charge on any atom is 0.317 e. The molecule has 7 nitrogen and oxygen atoms in total. The predicted octanol–water partition coefficient (Wildman–Crippen LogP) is 2.50. The van der Waals surface area contributed by atoms with Gasteiger partial charge in [-0.3, -0.25) is 14.5 Å². The third kappa shape index (κ3) is 4.14. The second-order valence-electron chi connectivity index (χ2n) is 6.76. The number of nitrogens with one attached hydrogen (secondary N) is 1. The van der Waals surface area contributed by atoms with Crippen LogP contribution >= 0.6 is 11.6 Å². The molecule has 8 heteroatoms. The highest BCUT2D eigenvalue weighted by atomic mass is 35.5. The summed E-state index contributed by atoms with van der Waals surface area (Å²) in [5.74, 6) is -0.998. The van der Waals surface area contributed by atoms with E-state index in [9.17, 15) is 9.59 Å². The van der Waals surface area contributed by atoms with Crippen LogP contribution in [0, 0.1) is 6.92 Å². The Hall–Kier alpha value is -2.38. The molecule has 2 N–H and O–H groups in total. The van der Waals surface area contributed by atoms with E-state index in [0.717, 1.165) is 24.2 Å². The monoisotopic (exact) mass is 390 g/mol. The second-order valence-corrected chi connectivity index (χ2v) is 7.17. The molecule has 0 saturated heterocycles. The van der Waals surface area contributed by atoms with Gasteiger partial charge in [-0.05, 0) is 38.4 Å². The highest BCUT2D eigenvalue weighted by Gasteiger charge is 2.35. The van der Waals surface area contributed by atoms with Crippen molar-refractivity contribution in [3.8, 4) is 5.69 Å². The largest absolute Gasteiger partial charge is 0.480 e. The Morgan fingerprint density at radius 2 is 2.07 bits per heavy atom. The zero-order chi connectivity index (χ0) is 19.6. The van der Waals surface area contributed by atoms with Crippen LogP contribution in [-0.2, 0) is 4.79 Å². The van der Waals surface area contributed by atoms with E-state index in [1.165, 1.54) is 0 Å². The molecule has 1 heterocycles. The summed E-state index contributed by atoms with van der Waals surface area (Å²) in [6.45, 7) is 4.49. The van der Waals surface area contributed by atoms with Crippen LogP contribution in [0.3, 0.4) is 0 Å². The number of hydrogen-bond donors (Lipinski definition) is 2. The number of carboxylic acids is 1. The molecule has 1 aliphatic carbocycles. The van der Waals surface area contributed by atoms with Gasteiger partial charge in [0.15, 0.2) is 0 Å². The molecular formula is C19H23ClN4O3. The van der Waals surface area contributed by atoms with Crippen LogP contribution in [0.15, 0.2) is 30.5 Å². The summed E-state index contributed by atoms with van der Waals surface area (Å²) in [6.07, 6.45) is 3.06. The van der Waals surface area contributed by atoms with Gasteiger partial charge in [0.2, 0.25) is 0 Å². The average Bonchev–Trinajstić information content (AvgIpc) is 2.97. The summed E-state index contributed by atoms with van der Waals surface area (Å²) in [7, 11) is 0. The molecule has 0 radical (unpaired) electrons. The van der Waals surface area contributed by atoms with Crippen LogP contribution in [0.4, 0.5) is 0 Å². The van der Waals surface area contributed by atoms with Gasteiger partial charge in [-0.1, -0.05) is 30.7 Å². The Morgan fingerprint density at radius 1 is 1.37 bits per heavy atom. The van der Waals surface area contributed by atoms with Crippen molar-refractivity contribution in [1.82, 2.24) is 20.0 Å². The van der Waals surface area contributed by atoms with Crippen LogP contribution in [0.2, 0.25) is 5.02 Å². The van der Waals surface area contributed by atoms with Gasteiger partial charge in [0.1, 0.15) is 0 Å². The number of aromatic nitrogens is 2. The van der Waals surface area contributed by atoms with Crippen molar-refractivity contribution in [1.29, 1.82) is 0 Å². The van der Waals surface area contributed by atoms with E-state index in [2.05, 4.69) is 10.4 Å². The number of halogens is 1. The topological polar surface area (TPSA) is 87.5 Å². The van der Waals surface area contributed by atoms with Crippen LogP contribution in [0.1, 0.15) is 35.8 Å². The first-order chi connectivity index (χ1) is 12.9. The lowest BCUT2D eigenvalue weighted by Crippen LogP contribution is -2.54. The zero-order valence-corrected chi connectivity index (χ0v) is 16.1. The molecular weight excluding hydrogens is 368 g/mol. The molecule has 0 unspecified atom stereocenters. The van der Waals surface area contributed by atoms with Crippen molar-refractivity contribution in [2.75, 3.05) is 13.1 Å². The number of hydrogen-bond acceptors (Lipinski definition) is 4. The first-order valence-corrected chi connectivity index (χ1v) is 9.34. The normalized spacial score (nSPS) is 19.0. The van der Waals surface area contributed by atoms with Gasteiger partial charge in [0.05, 0.1) is 34.7 Å². The number of nitrogens with zero attached hydrogens (tertiary/aromatic N) is 3. The zero-order valence-electron chi connectivity index (χ0n) is 15.4. The van der Waals surface area contributed by atoms with Gasteiger partial charge >= 0.3 is 5.97 Å². The second kappa shape index (κ2) is 8.10. The van der Waals surface area contributed by atoms with Crippen LogP contribution < -0.4 is 5.32 Å². The highest BCUT2D eigenvalue weighted by Crippen LogP contribution is 2.26. The minimum Gasteiger partial charge on any atom is -0.480 e. The molecule has 0 bridgehead atoms. The summed E-state index contributed by atoms with van der Waals surface area (Å²) in [6, 6.07) is 7.59. The van der Waals surface area contributed by atoms with E-state index in [4.69, 9.17) is 16.7 Å². The predicted molar refractivity (Wildman–Crippen MR) is 102 cm³/mol. The lowest BCUT2D eigenvalue weighted by Gasteiger charge is -2.42. The SMILES string of the molecule is CCN(CC(=O)O)C1CC(NC(=O)c2cnn(-c3ccccc3Cl)c2C)C1. The average molecular weight is 391 g/mol. The third-order valence-corrected chi connectivity index (χ3v) is 5.36. The molecule has 1 saturated carbocycles. The van der Waals surface area contributed by atoms with E-state index in [1.807, 2.05) is 36.9 Å². The van der Waals surface area contributed by atoms with Crippen molar-refractivity contribution in [3.05, 3.63) is 46.7 Å². The van der Waals surface area contributed by atoms with Crippen molar-refractivity contribution in [2.45, 2.75) is 38.8 Å². The Morgan fingerprint density at radius 3 is 2.70 bits per heavy atom. The number of carbonyl (C=O) groups excluding carboxylic acids is 1. The number of carbonyl (C=O) groups is 2. The number of aliphatic carboxylic acids is 1.